The molecular formula is C32H23ClF2OS2. The molecule has 0 unspecified atom stereocenters. The van der Waals surface area contributed by atoms with Gasteiger partial charge in [-0.15, -0.1) is 0 Å². The van der Waals surface area contributed by atoms with Crippen molar-refractivity contribution in [1.29, 1.82) is 0 Å². The summed E-state index contributed by atoms with van der Waals surface area (Å²) in [6.07, 6.45) is 2.13. The standard InChI is InChI=1S/C32H23ClF2OS2/c1-38(27-14-8-24(34)9-15-27,28-16-10-25(35)11-17-28)29-18-12-26(13-19-29)37-31-20-7-23(21-30(31)33)32(36)22-5-3-2-4-6-22/h2-21H,1H3. The van der Waals surface area contributed by atoms with Gasteiger partial charge < -0.3 is 0 Å². The summed E-state index contributed by atoms with van der Waals surface area (Å²) in [7, 11) is -1.75. The van der Waals surface area contributed by atoms with Gasteiger partial charge in [-0.25, -0.2) is 8.78 Å². The molecule has 0 bridgehead atoms. The molecule has 6 heteroatoms. The molecule has 0 radical (unpaired) electrons. The molecule has 0 saturated carbocycles. The van der Waals surface area contributed by atoms with E-state index in [0.717, 1.165) is 24.5 Å². The van der Waals surface area contributed by atoms with Crippen LogP contribution in [0.4, 0.5) is 8.78 Å². The van der Waals surface area contributed by atoms with Crippen LogP contribution in [0.15, 0.2) is 146 Å². The van der Waals surface area contributed by atoms with Gasteiger partial charge in [0.15, 0.2) is 5.78 Å². The molecule has 0 saturated heterocycles. The Hall–Kier alpha value is -3.38. The van der Waals surface area contributed by atoms with Crippen LogP contribution < -0.4 is 0 Å². The minimum absolute atomic E-state index is 0.0720. The highest BCUT2D eigenvalue weighted by atomic mass is 35.5. The smallest absolute Gasteiger partial charge is 0.193 e. The van der Waals surface area contributed by atoms with Gasteiger partial charge in [0.05, 0.1) is 5.02 Å². The van der Waals surface area contributed by atoms with Crippen LogP contribution >= 0.6 is 33.4 Å². The van der Waals surface area contributed by atoms with Gasteiger partial charge in [0.2, 0.25) is 0 Å². The SMILES string of the molecule is CS(c1ccc(F)cc1)(c1ccc(F)cc1)c1ccc(Sc2ccc(C(=O)c3ccccc3)cc2Cl)cc1. The summed E-state index contributed by atoms with van der Waals surface area (Å²) in [5.74, 6) is -0.665. The van der Waals surface area contributed by atoms with E-state index in [-0.39, 0.29) is 17.4 Å². The molecule has 0 aliphatic carbocycles. The molecular weight excluding hydrogens is 538 g/mol. The van der Waals surface area contributed by atoms with Crippen molar-refractivity contribution in [3.63, 3.8) is 0 Å². The number of benzene rings is 5. The van der Waals surface area contributed by atoms with Crippen LogP contribution in [-0.2, 0) is 0 Å². The zero-order valence-electron chi connectivity index (χ0n) is 20.4. The maximum atomic E-state index is 13.7. The number of halogens is 3. The molecule has 5 aromatic carbocycles. The Morgan fingerprint density at radius 1 is 0.658 bits per heavy atom. The first-order valence-electron chi connectivity index (χ1n) is 11.8. The number of carbonyl (C=O) groups is 1. The van der Waals surface area contributed by atoms with E-state index < -0.39 is 10.0 Å². The molecule has 0 amide bonds. The van der Waals surface area contributed by atoms with Gasteiger partial charge in [-0.05, 0) is 112 Å². The normalized spacial score (nSPS) is 11.8. The first kappa shape index (κ1) is 26.2. The predicted octanol–water partition coefficient (Wildman–Crippen LogP) is 9.91. The molecule has 1 nitrogen and oxygen atoms in total. The molecule has 38 heavy (non-hydrogen) atoms. The maximum absolute atomic E-state index is 13.7. The van der Waals surface area contributed by atoms with Gasteiger partial charge in [0, 0.05) is 20.9 Å². The third kappa shape index (κ3) is 5.41. The van der Waals surface area contributed by atoms with Crippen molar-refractivity contribution < 1.29 is 13.6 Å². The summed E-state index contributed by atoms with van der Waals surface area (Å²) in [4.78, 5) is 17.6. The fraction of sp³-hybridized carbons (Fsp3) is 0.0312. The summed E-state index contributed by atoms with van der Waals surface area (Å²) < 4.78 is 27.4. The lowest BCUT2D eigenvalue weighted by molar-refractivity contribution is 0.103. The number of ketones is 1. The highest BCUT2D eigenvalue weighted by Gasteiger charge is 2.26. The minimum Gasteiger partial charge on any atom is -0.289 e. The zero-order chi connectivity index (χ0) is 26.7. The van der Waals surface area contributed by atoms with E-state index in [1.165, 1.54) is 36.0 Å². The van der Waals surface area contributed by atoms with Crippen molar-refractivity contribution in [2.24, 2.45) is 0 Å². The van der Waals surface area contributed by atoms with Crippen molar-refractivity contribution in [2.45, 2.75) is 24.5 Å². The monoisotopic (exact) mass is 560 g/mol. The minimum atomic E-state index is -1.75. The van der Waals surface area contributed by atoms with Crippen molar-refractivity contribution in [2.75, 3.05) is 6.26 Å². The Bertz CT molecular complexity index is 1520. The van der Waals surface area contributed by atoms with Crippen LogP contribution in [0.2, 0.25) is 5.02 Å². The van der Waals surface area contributed by atoms with E-state index in [1.807, 2.05) is 36.4 Å². The van der Waals surface area contributed by atoms with Gasteiger partial charge in [-0.3, -0.25) is 4.79 Å². The second-order valence-corrected chi connectivity index (χ2v) is 13.5. The Morgan fingerprint density at radius 3 is 1.66 bits per heavy atom. The van der Waals surface area contributed by atoms with E-state index >= 15 is 0 Å². The fourth-order valence-electron chi connectivity index (χ4n) is 4.21. The highest BCUT2D eigenvalue weighted by Crippen LogP contribution is 2.65. The third-order valence-electron chi connectivity index (χ3n) is 6.32. The maximum Gasteiger partial charge on any atom is 0.193 e. The fourth-order valence-corrected chi connectivity index (χ4v) is 8.18. The first-order valence-corrected chi connectivity index (χ1v) is 15.0. The van der Waals surface area contributed by atoms with Gasteiger partial charge in [-0.1, -0.05) is 53.7 Å². The molecule has 0 fully saturated rings. The van der Waals surface area contributed by atoms with Gasteiger partial charge in [0.25, 0.3) is 0 Å². The van der Waals surface area contributed by atoms with Crippen LogP contribution in [0.25, 0.3) is 0 Å². The lowest BCUT2D eigenvalue weighted by Gasteiger charge is -2.37. The molecule has 190 valence electrons. The van der Waals surface area contributed by atoms with Crippen LogP contribution in [0.5, 0.6) is 0 Å². The third-order valence-corrected chi connectivity index (χ3v) is 11.5. The average molecular weight is 561 g/mol. The zero-order valence-corrected chi connectivity index (χ0v) is 22.8. The molecule has 0 spiro atoms. The molecule has 0 atom stereocenters. The number of rotatable bonds is 7. The lowest BCUT2D eigenvalue weighted by Crippen LogP contribution is -2.02. The van der Waals surface area contributed by atoms with Gasteiger partial charge in [-0.2, -0.15) is 10.0 Å². The van der Waals surface area contributed by atoms with E-state index in [9.17, 15) is 13.6 Å². The second-order valence-electron chi connectivity index (χ2n) is 8.74. The van der Waals surface area contributed by atoms with E-state index in [0.29, 0.717) is 16.1 Å². The Kier molecular flexibility index (Phi) is 7.70. The number of hydrogen-bond acceptors (Lipinski definition) is 2. The van der Waals surface area contributed by atoms with Gasteiger partial charge >= 0.3 is 0 Å². The topological polar surface area (TPSA) is 17.1 Å². The first-order chi connectivity index (χ1) is 18.3. The quantitative estimate of drug-likeness (QED) is 0.184. The van der Waals surface area contributed by atoms with E-state index in [2.05, 4.69) is 18.4 Å². The van der Waals surface area contributed by atoms with Crippen molar-refractivity contribution >= 4 is 39.2 Å². The number of hydrogen-bond donors (Lipinski definition) is 0. The second kappa shape index (κ2) is 11.2. The molecule has 5 rings (SSSR count). The highest BCUT2D eigenvalue weighted by molar-refractivity contribution is 8.33. The molecule has 0 aromatic heterocycles. The summed E-state index contributed by atoms with van der Waals surface area (Å²) in [6, 6.07) is 35.7. The molecule has 0 N–H and O–H groups in total. The van der Waals surface area contributed by atoms with Crippen molar-refractivity contribution in [1.82, 2.24) is 0 Å². The molecule has 0 aliphatic heterocycles. The largest absolute Gasteiger partial charge is 0.289 e. The van der Waals surface area contributed by atoms with Crippen LogP contribution in [0, 0.1) is 11.6 Å². The lowest BCUT2D eigenvalue weighted by atomic mass is 10.0. The summed E-state index contributed by atoms with van der Waals surface area (Å²) in [6.45, 7) is 0. The van der Waals surface area contributed by atoms with E-state index in [1.54, 1.807) is 48.5 Å². The Morgan fingerprint density at radius 2 is 1.16 bits per heavy atom. The van der Waals surface area contributed by atoms with E-state index in [4.69, 9.17) is 11.6 Å². The van der Waals surface area contributed by atoms with Crippen LogP contribution in [0.1, 0.15) is 15.9 Å². The molecule has 0 heterocycles. The molecule has 0 aliphatic rings. The number of carbonyl (C=O) groups excluding carboxylic acids is 1. The summed E-state index contributed by atoms with van der Waals surface area (Å²) >= 11 is 8.08. The summed E-state index contributed by atoms with van der Waals surface area (Å²) in [5.41, 5.74) is 1.16. The Balaban J connectivity index is 1.42. The Labute approximate surface area is 231 Å². The molecule has 5 aromatic rings. The van der Waals surface area contributed by atoms with Crippen molar-refractivity contribution in [3.05, 3.63) is 149 Å². The predicted molar refractivity (Wildman–Crippen MR) is 153 cm³/mol. The van der Waals surface area contributed by atoms with Crippen LogP contribution in [0.3, 0.4) is 0 Å². The summed E-state index contributed by atoms with van der Waals surface area (Å²) in [5, 5.41) is 0.508. The van der Waals surface area contributed by atoms with Crippen LogP contribution in [-0.4, -0.2) is 12.0 Å². The average Bonchev–Trinajstić information content (AvgIpc) is 2.95. The van der Waals surface area contributed by atoms with Crippen molar-refractivity contribution in [3.8, 4) is 0 Å². The van der Waals surface area contributed by atoms with Gasteiger partial charge in [0.1, 0.15) is 11.6 Å².